The minimum atomic E-state index is -0.233. The Morgan fingerprint density at radius 1 is 1.56 bits per heavy atom. The van der Waals surface area contributed by atoms with Crippen LogP contribution in [0.25, 0.3) is 0 Å². The minimum absolute atomic E-state index is 0.233. The molecule has 0 saturated carbocycles. The van der Waals surface area contributed by atoms with Gasteiger partial charge in [0.2, 0.25) is 0 Å². The van der Waals surface area contributed by atoms with Crippen LogP contribution >= 0.6 is 11.6 Å². The Morgan fingerprint density at radius 2 is 2.38 bits per heavy atom. The molecule has 1 atom stereocenters. The highest BCUT2D eigenvalue weighted by atomic mass is 35.5. The summed E-state index contributed by atoms with van der Waals surface area (Å²) < 4.78 is 5.58. The number of nitrogens with zero attached hydrogens (tertiary/aromatic N) is 1. The van der Waals surface area contributed by atoms with Crippen molar-refractivity contribution in [2.45, 2.75) is 5.54 Å². The third kappa shape index (κ3) is 1.96. The molecule has 1 aliphatic heterocycles. The van der Waals surface area contributed by atoms with Gasteiger partial charge in [-0.25, -0.2) is 0 Å². The Kier molecular flexibility index (Phi) is 3.50. The van der Waals surface area contributed by atoms with Crippen LogP contribution < -0.4 is 5.73 Å². The van der Waals surface area contributed by atoms with Gasteiger partial charge < -0.3 is 10.5 Å². The van der Waals surface area contributed by atoms with E-state index in [4.69, 9.17) is 22.1 Å². The van der Waals surface area contributed by atoms with Crippen LogP contribution in [0.4, 0.5) is 0 Å². The van der Waals surface area contributed by atoms with Gasteiger partial charge in [-0.3, -0.25) is 4.90 Å². The van der Waals surface area contributed by atoms with E-state index in [9.17, 15) is 0 Å². The van der Waals surface area contributed by atoms with E-state index in [2.05, 4.69) is 18.0 Å². The first-order chi connectivity index (χ1) is 7.69. The van der Waals surface area contributed by atoms with Gasteiger partial charge in [0.05, 0.1) is 18.8 Å². The lowest BCUT2D eigenvalue weighted by atomic mass is 9.88. The first-order valence-corrected chi connectivity index (χ1v) is 5.82. The number of benzene rings is 1. The summed E-state index contributed by atoms with van der Waals surface area (Å²) in [5, 5.41) is 0.740. The van der Waals surface area contributed by atoms with E-state index in [0.29, 0.717) is 13.2 Å². The minimum Gasteiger partial charge on any atom is -0.378 e. The van der Waals surface area contributed by atoms with Gasteiger partial charge in [0.1, 0.15) is 0 Å². The molecule has 16 heavy (non-hydrogen) atoms. The second-order valence-corrected chi connectivity index (χ2v) is 4.66. The maximum Gasteiger partial charge on any atom is 0.0819 e. The van der Waals surface area contributed by atoms with Crippen LogP contribution in [0.1, 0.15) is 5.56 Å². The molecule has 88 valence electrons. The Bertz CT molecular complexity index is 372. The average molecular weight is 241 g/mol. The molecule has 4 heteroatoms. The van der Waals surface area contributed by atoms with E-state index in [1.54, 1.807) is 0 Å². The molecule has 1 aromatic carbocycles. The second-order valence-electron chi connectivity index (χ2n) is 4.22. The van der Waals surface area contributed by atoms with E-state index in [-0.39, 0.29) is 5.54 Å². The maximum absolute atomic E-state index is 6.03. The summed E-state index contributed by atoms with van der Waals surface area (Å²) >= 11 is 6.03. The molecule has 2 N–H and O–H groups in total. The largest absolute Gasteiger partial charge is 0.378 e. The SMILES string of the molecule is CN1CCOCC1(CN)c1cccc(Cl)c1. The lowest BCUT2D eigenvalue weighted by Gasteiger charge is -2.44. The van der Waals surface area contributed by atoms with Gasteiger partial charge in [-0.1, -0.05) is 23.7 Å². The first kappa shape index (κ1) is 11.9. The van der Waals surface area contributed by atoms with Gasteiger partial charge in [0.25, 0.3) is 0 Å². The predicted molar refractivity (Wildman–Crippen MR) is 65.6 cm³/mol. The summed E-state index contributed by atoms with van der Waals surface area (Å²) in [4.78, 5) is 2.25. The van der Waals surface area contributed by atoms with Crippen LogP contribution in [0, 0.1) is 0 Å². The first-order valence-electron chi connectivity index (χ1n) is 5.44. The topological polar surface area (TPSA) is 38.5 Å². The zero-order valence-electron chi connectivity index (χ0n) is 9.45. The fraction of sp³-hybridized carbons (Fsp3) is 0.500. The van der Waals surface area contributed by atoms with Crippen molar-refractivity contribution in [3.63, 3.8) is 0 Å². The highest BCUT2D eigenvalue weighted by Gasteiger charge is 2.38. The van der Waals surface area contributed by atoms with Crippen LogP contribution in [0.2, 0.25) is 5.02 Å². The predicted octanol–water partition coefficient (Wildman–Crippen LogP) is 1.46. The fourth-order valence-corrected chi connectivity index (χ4v) is 2.37. The van der Waals surface area contributed by atoms with Crippen molar-refractivity contribution >= 4 is 11.6 Å². The lowest BCUT2D eigenvalue weighted by molar-refractivity contribution is -0.0549. The van der Waals surface area contributed by atoms with Crippen molar-refractivity contribution in [3.05, 3.63) is 34.9 Å². The zero-order valence-corrected chi connectivity index (χ0v) is 10.2. The molecular formula is C12H17ClN2O. The molecular weight excluding hydrogens is 224 g/mol. The molecule has 1 aliphatic rings. The molecule has 2 rings (SSSR count). The van der Waals surface area contributed by atoms with Crippen LogP contribution in [0.3, 0.4) is 0 Å². The average Bonchev–Trinajstić information content (AvgIpc) is 2.30. The maximum atomic E-state index is 6.03. The Hall–Kier alpha value is -0.610. The molecule has 1 aromatic rings. The van der Waals surface area contributed by atoms with Crippen molar-refractivity contribution in [1.29, 1.82) is 0 Å². The van der Waals surface area contributed by atoms with Crippen LogP contribution in [0.15, 0.2) is 24.3 Å². The molecule has 0 aromatic heterocycles. The van der Waals surface area contributed by atoms with E-state index in [1.807, 2.05) is 18.2 Å². The monoisotopic (exact) mass is 240 g/mol. The Balaban J connectivity index is 2.40. The molecule has 0 amide bonds. The summed E-state index contributed by atoms with van der Waals surface area (Å²) in [5.74, 6) is 0. The van der Waals surface area contributed by atoms with Gasteiger partial charge in [-0.15, -0.1) is 0 Å². The van der Waals surface area contributed by atoms with Crippen molar-refractivity contribution in [2.75, 3.05) is 33.4 Å². The van der Waals surface area contributed by atoms with Gasteiger partial charge in [-0.2, -0.15) is 0 Å². The smallest absolute Gasteiger partial charge is 0.0819 e. The van der Waals surface area contributed by atoms with Gasteiger partial charge in [0.15, 0.2) is 0 Å². The Morgan fingerprint density at radius 3 is 3.00 bits per heavy atom. The van der Waals surface area contributed by atoms with E-state index >= 15 is 0 Å². The summed E-state index contributed by atoms with van der Waals surface area (Å²) in [7, 11) is 2.08. The number of ether oxygens (including phenoxy) is 1. The Labute approximate surface area is 101 Å². The standard InChI is InChI=1S/C12H17ClN2O/c1-15-5-6-16-9-12(15,8-14)10-3-2-4-11(13)7-10/h2-4,7H,5-6,8-9,14H2,1H3. The van der Waals surface area contributed by atoms with Crippen LogP contribution in [-0.4, -0.2) is 38.3 Å². The molecule has 0 aliphatic carbocycles. The van der Waals surface area contributed by atoms with E-state index in [1.165, 1.54) is 0 Å². The third-order valence-electron chi connectivity index (χ3n) is 3.34. The second kappa shape index (κ2) is 4.72. The number of hydrogen-bond donors (Lipinski definition) is 1. The zero-order chi connectivity index (χ0) is 11.6. The molecule has 0 radical (unpaired) electrons. The third-order valence-corrected chi connectivity index (χ3v) is 3.58. The molecule has 1 saturated heterocycles. The quantitative estimate of drug-likeness (QED) is 0.851. The van der Waals surface area contributed by atoms with Crippen molar-refractivity contribution in [1.82, 2.24) is 4.90 Å². The number of halogens is 1. The van der Waals surface area contributed by atoms with Crippen molar-refractivity contribution in [3.8, 4) is 0 Å². The summed E-state index contributed by atoms with van der Waals surface area (Å²) in [6, 6.07) is 7.86. The van der Waals surface area contributed by atoms with Crippen LogP contribution in [0.5, 0.6) is 0 Å². The number of morpholine rings is 1. The van der Waals surface area contributed by atoms with E-state index < -0.39 is 0 Å². The lowest BCUT2D eigenvalue weighted by Crippen LogP contribution is -2.56. The van der Waals surface area contributed by atoms with Crippen molar-refractivity contribution < 1.29 is 4.74 Å². The molecule has 3 nitrogen and oxygen atoms in total. The molecule has 0 spiro atoms. The molecule has 1 heterocycles. The van der Waals surface area contributed by atoms with Gasteiger partial charge in [0, 0.05) is 18.1 Å². The number of hydrogen-bond acceptors (Lipinski definition) is 3. The number of rotatable bonds is 2. The highest BCUT2D eigenvalue weighted by molar-refractivity contribution is 6.30. The van der Waals surface area contributed by atoms with Gasteiger partial charge >= 0.3 is 0 Å². The van der Waals surface area contributed by atoms with Gasteiger partial charge in [-0.05, 0) is 24.7 Å². The normalized spacial score (nSPS) is 26.9. The summed E-state index contributed by atoms with van der Waals surface area (Å²) in [6.07, 6.45) is 0. The highest BCUT2D eigenvalue weighted by Crippen LogP contribution is 2.30. The molecule has 0 bridgehead atoms. The van der Waals surface area contributed by atoms with Crippen molar-refractivity contribution in [2.24, 2.45) is 5.73 Å². The summed E-state index contributed by atoms with van der Waals surface area (Å²) in [5.41, 5.74) is 6.84. The van der Waals surface area contributed by atoms with Crippen LogP contribution in [-0.2, 0) is 10.3 Å². The molecule has 1 fully saturated rings. The fourth-order valence-electron chi connectivity index (χ4n) is 2.18. The number of likely N-dealkylation sites (N-methyl/N-ethyl adjacent to an activating group) is 1. The number of nitrogens with two attached hydrogens (primary N) is 1. The molecule has 1 unspecified atom stereocenters. The summed E-state index contributed by atoms with van der Waals surface area (Å²) in [6.45, 7) is 2.81. The van der Waals surface area contributed by atoms with E-state index in [0.717, 1.165) is 23.7 Å².